The quantitative estimate of drug-likeness (QED) is 0.730. The number of nitrogens with one attached hydrogen (secondary N) is 1. The first kappa shape index (κ1) is 16.3. The van der Waals surface area contributed by atoms with Gasteiger partial charge in [0.05, 0.1) is 7.11 Å². The number of ether oxygens (including phenoxy) is 1. The lowest BCUT2D eigenvalue weighted by molar-refractivity contribution is 0.102. The van der Waals surface area contributed by atoms with E-state index in [1.165, 1.54) is 0 Å². The zero-order valence-electron chi connectivity index (χ0n) is 14.5. The van der Waals surface area contributed by atoms with Crippen molar-refractivity contribution in [1.82, 2.24) is 19.7 Å². The number of amides is 1. The highest BCUT2D eigenvalue weighted by atomic mass is 16.5. The number of aromatic nitrogens is 4. The summed E-state index contributed by atoms with van der Waals surface area (Å²) in [4.78, 5) is 17.4. The van der Waals surface area contributed by atoms with Crippen LogP contribution >= 0.6 is 0 Å². The van der Waals surface area contributed by atoms with Crippen molar-refractivity contribution in [2.24, 2.45) is 0 Å². The molecule has 1 amide bonds. The molecule has 1 aliphatic heterocycles. The van der Waals surface area contributed by atoms with Gasteiger partial charge in [-0.3, -0.25) is 4.79 Å². The van der Waals surface area contributed by atoms with E-state index < -0.39 is 0 Å². The molecule has 132 valence electrons. The Kier molecular flexibility index (Phi) is 4.35. The molecule has 1 aliphatic rings. The van der Waals surface area contributed by atoms with Gasteiger partial charge in [-0.05, 0) is 49.1 Å². The molecule has 4 rings (SSSR count). The van der Waals surface area contributed by atoms with Gasteiger partial charge in [0.1, 0.15) is 23.6 Å². The fourth-order valence-corrected chi connectivity index (χ4v) is 3.14. The van der Waals surface area contributed by atoms with E-state index in [1.54, 1.807) is 25.6 Å². The van der Waals surface area contributed by atoms with Crippen molar-refractivity contribution in [3.8, 4) is 17.3 Å². The average Bonchev–Trinajstić information content (AvgIpc) is 3.13. The molecule has 0 atom stereocenters. The van der Waals surface area contributed by atoms with Gasteiger partial charge in [-0.15, -0.1) is 10.2 Å². The molecular formula is C19H19N5O2. The second kappa shape index (κ2) is 6.95. The zero-order chi connectivity index (χ0) is 17.9. The lowest BCUT2D eigenvalue weighted by Crippen LogP contribution is -2.15. The summed E-state index contributed by atoms with van der Waals surface area (Å²) in [6.07, 6.45) is 4.45. The third-order valence-electron chi connectivity index (χ3n) is 4.49. The number of benzene rings is 1. The topological polar surface area (TPSA) is 81.9 Å². The van der Waals surface area contributed by atoms with Gasteiger partial charge in [-0.25, -0.2) is 4.98 Å². The number of fused-ring (bicyclic) bond motifs is 5. The number of hydrogen-bond donors (Lipinski definition) is 1. The maximum absolute atomic E-state index is 12.8. The Morgan fingerprint density at radius 3 is 3.00 bits per heavy atom. The number of rotatable bonds is 1. The van der Waals surface area contributed by atoms with E-state index in [0.29, 0.717) is 28.6 Å². The summed E-state index contributed by atoms with van der Waals surface area (Å²) in [7, 11) is 1.60. The van der Waals surface area contributed by atoms with Crippen LogP contribution in [0.5, 0.6) is 5.75 Å². The summed E-state index contributed by atoms with van der Waals surface area (Å²) < 4.78 is 7.28. The lowest BCUT2D eigenvalue weighted by Gasteiger charge is -2.11. The van der Waals surface area contributed by atoms with Crippen molar-refractivity contribution < 1.29 is 9.53 Å². The first-order valence-corrected chi connectivity index (χ1v) is 8.58. The maximum Gasteiger partial charge on any atom is 0.257 e. The van der Waals surface area contributed by atoms with Gasteiger partial charge < -0.3 is 14.6 Å². The number of methoxy groups -OCH3 is 1. The van der Waals surface area contributed by atoms with E-state index in [9.17, 15) is 4.79 Å². The van der Waals surface area contributed by atoms with Crippen LogP contribution in [0.1, 0.15) is 28.8 Å². The van der Waals surface area contributed by atoms with Crippen LogP contribution in [0.4, 0.5) is 5.82 Å². The molecule has 0 unspecified atom stereocenters. The van der Waals surface area contributed by atoms with E-state index >= 15 is 0 Å². The number of aryl methyl sites for hydroxylation is 2. The van der Waals surface area contributed by atoms with Gasteiger partial charge >= 0.3 is 0 Å². The van der Waals surface area contributed by atoms with Crippen LogP contribution in [0.3, 0.4) is 0 Å². The smallest absolute Gasteiger partial charge is 0.257 e. The number of nitrogens with zero attached hydrogens (tertiary/aromatic N) is 4. The molecular weight excluding hydrogens is 330 g/mol. The Morgan fingerprint density at radius 1 is 1.19 bits per heavy atom. The minimum absolute atomic E-state index is 0.190. The molecule has 0 aliphatic carbocycles. The van der Waals surface area contributed by atoms with Crippen molar-refractivity contribution in [2.45, 2.75) is 25.8 Å². The van der Waals surface area contributed by atoms with Crippen LogP contribution in [0.25, 0.3) is 11.5 Å². The third-order valence-corrected chi connectivity index (χ3v) is 4.49. The summed E-state index contributed by atoms with van der Waals surface area (Å²) in [5.74, 6) is 1.66. The van der Waals surface area contributed by atoms with E-state index in [4.69, 9.17) is 4.74 Å². The van der Waals surface area contributed by atoms with Crippen LogP contribution in [0.15, 0.2) is 42.7 Å². The summed E-state index contributed by atoms with van der Waals surface area (Å²) in [5.41, 5.74) is 2.31. The number of hydrogen-bond acceptors (Lipinski definition) is 5. The van der Waals surface area contributed by atoms with Gasteiger partial charge in [0.2, 0.25) is 0 Å². The Bertz CT molecular complexity index is 951. The largest absolute Gasteiger partial charge is 0.497 e. The molecule has 7 nitrogen and oxygen atoms in total. The monoisotopic (exact) mass is 349 g/mol. The number of pyridine rings is 1. The Balaban J connectivity index is 1.76. The van der Waals surface area contributed by atoms with Gasteiger partial charge in [-0.2, -0.15) is 0 Å². The summed E-state index contributed by atoms with van der Waals surface area (Å²) in [6, 6.07) is 11.1. The van der Waals surface area contributed by atoms with Crippen LogP contribution < -0.4 is 10.1 Å². The highest BCUT2D eigenvalue weighted by molar-refractivity contribution is 6.05. The second-order valence-corrected chi connectivity index (χ2v) is 6.19. The highest BCUT2D eigenvalue weighted by Gasteiger charge is 2.16. The molecule has 26 heavy (non-hydrogen) atoms. The minimum Gasteiger partial charge on any atom is -0.497 e. The van der Waals surface area contributed by atoms with Gasteiger partial charge in [0.25, 0.3) is 5.91 Å². The second-order valence-electron chi connectivity index (χ2n) is 6.19. The first-order chi connectivity index (χ1) is 12.7. The molecule has 0 fully saturated rings. The lowest BCUT2D eigenvalue weighted by atomic mass is 10.0. The predicted molar refractivity (Wildman–Crippen MR) is 97.1 cm³/mol. The van der Waals surface area contributed by atoms with Gasteiger partial charge in [0, 0.05) is 12.1 Å². The molecule has 0 radical (unpaired) electrons. The van der Waals surface area contributed by atoms with Gasteiger partial charge in [0.15, 0.2) is 5.82 Å². The molecule has 0 spiro atoms. The standard InChI is InChI=1S/C19H19N5O2/c1-26-14-9-8-13-5-2-3-10-24-12-20-23-18(24)16-6-4-7-17(21-16)22-19(25)15(13)11-14/h4,6-9,11-12H,2-3,5,10H2,1H3,(H,21,22,25). The average molecular weight is 349 g/mol. The van der Waals surface area contributed by atoms with E-state index in [0.717, 1.165) is 31.4 Å². The van der Waals surface area contributed by atoms with Crippen LogP contribution in [-0.4, -0.2) is 32.8 Å². The van der Waals surface area contributed by atoms with Crippen molar-refractivity contribution in [3.63, 3.8) is 0 Å². The molecule has 1 aromatic carbocycles. The molecule has 3 aromatic rings. The van der Waals surface area contributed by atoms with Crippen molar-refractivity contribution >= 4 is 11.7 Å². The highest BCUT2D eigenvalue weighted by Crippen LogP contribution is 2.23. The molecule has 2 bridgehead atoms. The fourth-order valence-electron chi connectivity index (χ4n) is 3.14. The van der Waals surface area contributed by atoms with Crippen LogP contribution in [-0.2, 0) is 13.0 Å². The summed E-state index contributed by atoms with van der Waals surface area (Å²) >= 11 is 0. The molecule has 1 N–H and O–H groups in total. The molecule has 3 heterocycles. The SMILES string of the molecule is COc1ccc2c(c1)C(=O)Nc1cccc(n1)-c1nncn1CCCC2. The molecule has 0 saturated heterocycles. The Morgan fingerprint density at radius 2 is 2.12 bits per heavy atom. The molecule has 7 heteroatoms. The summed E-state index contributed by atoms with van der Waals surface area (Å²) in [5, 5.41) is 11.1. The van der Waals surface area contributed by atoms with E-state index in [1.807, 2.05) is 28.8 Å². The van der Waals surface area contributed by atoms with E-state index in [-0.39, 0.29) is 5.91 Å². The third kappa shape index (κ3) is 3.15. The maximum atomic E-state index is 12.8. The molecule has 0 saturated carbocycles. The normalized spacial score (nSPS) is 14.1. The van der Waals surface area contributed by atoms with Crippen LogP contribution in [0.2, 0.25) is 0 Å². The molecule has 2 aromatic heterocycles. The number of carbonyl (C=O) groups is 1. The van der Waals surface area contributed by atoms with Crippen molar-refractivity contribution in [2.75, 3.05) is 12.4 Å². The number of carbonyl (C=O) groups excluding carboxylic acids is 1. The van der Waals surface area contributed by atoms with Crippen molar-refractivity contribution in [1.29, 1.82) is 0 Å². The van der Waals surface area contributed by atoms with Crippen molar-refractivity contribution in [3.05, 3.63) is 53.9 Å². The minimum atomic E-state index is -0.190. The summed E-state index contributed by atoms with van der Waals surface area (Å²) in [6.45, 7) is 0.807. The van der Waals surface area contributed by atoms with Gasteiger partial charge in [-0.1, -0.05) is 12.1 Å². The van der Waals surface area contributed by atoms with E-state index in [2.05, 4.69) is 20.5 Å². The predicted octanol–water partition coefficient (Wildman–Crippen LogP) is 2.94. The zero-order valence-corrected chi connectivity index (χ0v) is 14.5. The first-order valence-electron chi connectivity index (χ1n) is 8.58. The van der Waals surface area contributed by atoms with Crippen LogP contribution in [0, 0.1) is 0 Å². The Labute approximate surface area is 151 Å². The fraction of sp³-hybridized carbons (Fsp3) is 0.263. The number of anilines is 1. The Hall–Kier alpha value is -3.22.